The number of ether oxygens (including phenoxy) is 2. The van der Waals surface area contributed by atoms with Gasteiger partial charge in [0.2, 0.25) is 0 Å². The Balaban J connectivity index is 1.49. The molecule has 1 N–H and O–H groups in total. The van der Waals surface area contributed by atoms with Gasteiger partial charge in [-0.1, -0.05) is 60.2 Å². The quantitative estimate of drug-likeness (QED) is 0.214. The van der Waals surface area contributed by atoms with E-state index in [1.165, 1.54) is 25.5 Å². The summed E-state index contributed by atoms with van der Waals surface area (Å²) in [6.07, 6.45) is 1.46. The number of carbonyl (C=O) groups is 1. The van der Waals surface area contributed by atoms with E-state index in [1.54, 1.807) is 36.4 Å². The van der Waals surface area contributed by atoms with Crippen LogP contribution in [-0.4, -0.2) is 34.2 Å². The molecule has 0 saturated heterocycles. The van der Waals surface area contributed by atoms with Crippen LogP contribution in [0.4, 0.5) is 5.69 Å². The minimum atomic E-state index is -4.06. The molecule has 0 aliphatic heterocycles. The number of nitrogens with zero attached hydrogens (tertiary/aromatic N) is 2. The molecule has 0 heterocycles. The molecule has 4 aromatic rings. The van der Waals surface area contributed by atoms with Crippen LogP contribution in [0.15, 0.2) is 113 Å². The van der Waals surface area contributed by atoms with Crippen molar-refractivity contribution in [3.05, 3.63) is 120 Å². The summed E-state index contributed by atoms with van der Waals surface area (Å²) in [5.41, 5.74) is 5.43. The summed E-state index contributed by atoms with van der Waals surface area (Å²) < 4.78 is 39.2. The zero-order valence-corrected chi connectivity index (χ0v) is 22.5. The van der Waals surface area contributed by atoms with Crippen LogP contribution in [0.25, 0.3) is 0 Å². The molecule has 0 bridgehead atoms. The van der Waals surface area contributed by atoms with Gasteiger partial charge in [0.15, 0.2) is 0 Å². The van der Waals surface area contributed by atoms with Crippen molar-refractivity contribution in [2.24, 2.45) is 5.10 Å². The van der Waals surface area contributed by atoms with Gasteiger partial charge >= 0.3 is 0 Å². The molecule has 0 aliphatic carbocycles. The molecule has 0 radical (unpaired) electrons. The molecule has 200 valence electrons. The maximum Gasteiger partial charge on any atom is 0.264 e. The van der Waals surface area contributed by atoms with Crippen molar-refractivity contribution in [3.8, 4) is 11.5 Å². The Morgan fingerprint density at radius 3 is 2.26 bits per heavy atom. The smallest absolute Gasteiger partial charge is 0.264 e. The van der Waals surface area contributed by atoms with Crippen LogP contribution in [0.1, 0.15) is 16.7 Å². The number of nitrogens with one attached hydrogen (secondary N) is 1. The number of rotatable bonds is 11. The van der Waals surface area contributed by atoms with Crippen molar-refractivity contribution >= 4 is 27.8 Å². The molecular weight excluding hydrogens is 514 g/mol. The third-order valence-electron chi connectivity index (χ3n) is 5.81. The van der Waals surface area contributed by atoms with Crippen LogP contribution in [0.2, 0.25) is 0 Å². The lowest BCUT2D eigenvalue weighted by molar-refractivity contribution is -0.119. The van der Waals surface area contributed by atoms with Gasteiger partial charge < -0.3 is 9.47 Å². The standard InChI is InChI=1S/C30H29N3O5S/c1-23-12-14-26(15-13-23)33(39(35,36)28-18-16-27(37-2)17-19-28)21-30(34)32-31-20-25-10-6-7-11-29(25)38-22-24-8-4-3-5-9-24/h3-20H,21-22H2,1-2H3,(H,32,34)/b31-20-. The first kappa shape index (κ1) is 27.4. The maximum atomic E-state index is 13.5. The second kappa shape index (κ2) is 12.7. The van der Waals surface area contributed by atoms with Crippen LogP contribution in [-0.2, 0) is 21.4 Å². The zero-order valence-electron chi connectivity index (χ0n) is 21.7. The Morgan fingerprint density at radius 1 is 0.897 bits per heavy atom. The number of sulfonamides is 1. The number of benzene rings is 4. The van der Waals surface area contributed by atoms with E-state index in [-0.39, 0.29) is 4.90 Å². The second-order valence-corrected chi connectivity index (χ2v) is 10.5. The summed E-state index contributed by atoms with van der Waals surface area (Å²) in [7, 11) is -2.56. The van der Waals surface area contributed by atoms with Crippen molar-refractivity contribution in [2.45, 2.75) is 18.4 Å². The number of methoxy groups -OCH3 is 1. The van der Waals surface area contributed by atoms with E-state index in [1.807, 2.05) is 61.5 Å². The highest BCUT2D eigenvalue weighted by Gasteiger charge is 2.27. The van der Waals surface area contributed by atoms with Crippen LogP contribution in [0.3, 0.4) is 0 Å². The normalized spacial score (nSPS) is 11.2. The van der Waals surface area contributed by atoms with Crippen LogP contribution >= 0.6 is 0 Å². The van der Waals surface area contributed by atoms with Gasteiger partial charge in [-0.3, -0.25) is 9.10 Å². The highest BCUT2D eigenvalue weighted by Crippen LogP contribution is 2.25. The number of amides is 1. The fourth-order valence-electron chi connectivity index (χ4n) is 3.69. The van der Waals surface area contributed by atoms with Gasteiger partial charge in [0.1, 0.15) is 24.7 Å². The first-order valence-electron chi connectivity index (χ1n) is 12.2. The number of anilines is 1. The predicted octanol–water partition coefficient (Wildman–Crippen LogP) is 4.93. The van der Waals surface area contributed by atoms with Gasteiger partial charge in [0.05, 0.1) is 23.9 Å². The Kier molecular flexibility index (Phi) is 8.96. The summed E-state index contributed by atoms with van der Waals surface area (Å²) in [5.74, 6) is 0.519. The molecule has 1 amide bonds. The molecule has 4 rings (SSSR count). The van der Waals surface area contributed by atoms with Crippen molar-refractivity contribution in [2.75, 3.05) is 18.0 Å². The lowest BCUT2D eigenvalue weighted by atomic mass is 10.2. The molecule has 0 spiro atoms. The molecule has 4 aromatic carbocycles. The largest absolute Gasteiger partial charge is 0.497 e. The third-order valence-corrected chi connectivity index (χ3v) is 7.59. The van der Waals surface area contributed by atoms with Gasteiger partial charge in [-0.15, -0.1) is 0 Å². The number of para-hydroxylation sites is 1. The van der Waals surface area contributed by atoms with Crippen molar-refractivity contribution in [3.63, 3.8) is 0 Å². The fraction of sp³-hybridized carbons (Fsp3) is 0.133. The average Bonchev–Trinajstić information content (AvgIpc) is 2.96. The lowest BCUT2D eigenvalue weighted by Crippen LogP contribution is -2.39. The summed E-state index contributed by atoms with van der Waals surface area (Å²) >= 11 is 0. The van der Waals surface area contributed by atoms with Gasteiger partial charge in [-0.25, -0.2) is 13.8 Å². The van der Waals surface area contributed by atoms with Gasteiger partial charge in [0, 0.05) is 5.56 Å². The molecule has 9 heteroatoms. The number of hydrogen-bond acceptors (Lipinski definition) is 6. The lowest BCUT2D eigenvalue weighted by Gasteiger charge is -2.24. The van der Waals surface area contributed by atoms with E-state index in [2.05, 4.69) is 10.5 Å². The highest BCUT2D eigenvalue weighted by molar-refractivity contribution is 7.92. The topological polar surface area (TPSA) is 97.3 Å². The van der Waals surface area contributed by atoms with E-state index in [0.29, 0.717) is 29.4 Å². The maximum absolute atomic E-state index is 13.5. The number of aryl methyl sites for hydroxylation is 1. The summed E-state index contributed by atoms with van der Waals surface area (Å²) in [4.78, 5) is 12.9. The predicted molar refractivity (Wildman–Crippen MR) is 152 cm³/mol. The van der Waals surface area contributed by atoms with E-state index >= 15 is 0 Å². The van der Waals surface area contributed by atoms with Gasteiger partial charge in [-0.05, 0) is 61.0 Å². The van der Waals surface area contributed by atoms with Crippen LogP contribution in [0, 0.1) is 6.92 Å². The summed E-state index contributed by atoms with van der Waals surface area (Å²) in [6.45, 7) is 1.81. The van der Waals surface area contributed by atoms with Crippen molar-refractivity contribution in [1.29, 1.82) is 0 Å². The van der Waals surface area contributed by atoms with E-state index in [0.717, 1.165) is 15.4 Å². The average molecular weight is 544 g/mol. The zero-order chi connectivity index (χ0) is 27.7. The van der Waals surface area contributed by atoms with E-state index in [4.69, 9.17) is 9.47 Å². The molecule has 0 unspecified atom stereocenters. The molecule has 39 heavy (non-hydrogen) atoms. The van der Waals surface area contributed by atoms with Crippen molar-refractivity contribution < 1.29 is 22.7 Å². The molecule has 0 aromatic heterocycles. The highest BCUT2D eigenvalue weighted by atomic mass is 32.2. The SMILES string of the molecule is COc1ccc(S(=O)(=O)N(CC(=O)N/N=C\c2ccccc2OCc2ccccc2)c2ccc(C)cc2)cc1. The monoisotopic (exact) mass is 543 g/mol. The number of carbonyl (C=O) groups excluding carboxylic acids is 1. The molecule has 0 fully saturated rings. The van der Waals surface area contributed by atoms with E-state index in [9.17, 15) is 13.2 Å². The third kappa shape index (κ3) is 7.24. The van der Waals surface area contributed by atoms with Crippen LogP contribution in [0.5, 0.6) is 11.5 Å². The molecular formula is C30H29N3O5S. The Hall–Kier alpha value is -4.63. The summed E-state index contributed by atoms with van der Waals surface area (Å²) in [6, 6.07) is 30.0. The first-order chi connectivity index (χ1) is 18.9. The second-order valence-electron chi connectivity index (χ2n) is 8.63. The molecule has 0 saturated carbocycles. The first-order valence-corrected chi connectivity index (χ1v) is 13.6. The Labute approximate surface area is 228 Å². The number of hydrazone groups is 1. The molecule has 0 atom stereocenters. The van der Waals surface area contributed by atoms with E-state index < -0.39 is 22.5 Å². The minimum Gasteiger partial charge on any atom is -0.497 e. The Morgan fingerprint density at radius 2 is 1.56 bits per heavy atom. The van der Waals surface area contributed by atoms with Crippen LogP contribution < -0.4 is 19.2 Å². The van der Waals surface area contributed by atoms with Crippen molar-refractivity contribution in [1.82, 2.24) is 5.43 Å². The number of hydrogen-bond donors (Lipinski definition) is 1. The summed E-state index contributed by atoms with van der Waals surface area (Å²) in [5, 5.41) is 4.05. The fourth-order valence-corrected chi connectivity index (χ4v) is 5.12. The Bertz CT molecular complexity index is 1520. The minimum absolute atomic E-state index is 0.0321. The molecule has 8 nitrogen and oxygen atoms in total. The van der Waals surface area contributed by atoms with Gasteiger partial charge in [0.25, 0.3) is 15.9 Å². The molecule has 0 aliphatic rings. The van der Waals surface area contributed by atoms with Gasteiger partial charge in [-0.2, -0.15) is 5.10 Å².